The van der Waals surface area contributed by atoms with Gasteiger partial charge in [0, 0.05) is 32.2 Å². The fraction of sp³-hybridized carbons (Fsp3) is 0.350. The van der Waals surface area contributed by atoms with Crippen LogP contribution in [0.15, 0.2) is 53.7 Å². The number of carbonyl (C=O) groups is 1. The van der Waals surface area contributed by atoms with Crippen LogP contribution in [0.4, 0.5) is 18.9 Å². The Kier molecular flexibility index (Phi) is 6.48. The molecule has 3 rings (SSSR count). The fourth-order valence-corrected chi connectivity index (χ4v) is 3.09. The maximum Gasteiger partial charge on any atom is 0.416 e. The monoisotopic (exact) mass is 407 g/mol. The molecule has 0 aromatic heterocycles. The molecule has 0 aliphatic carbocycles. The van der Waals surface area contributed by atoms with Gasteiger partial charge in [-0.05, 0) is 22.9 Å². The van der Waals surface area contributed by atoms with E-state index in [1.165, 1.54) is 0 Å². The van der Waals surface area contributed by atoms with Gasteiger partial charge in [0.15, 0.2) is 0 Å². The Hall–Kier alpha value is -2.94. The van der Waals surface area contributed by atoms with Crippen molar-refractivity contribution in [1.29, 1.82) is 0 Å². The van der Waals surface area contributed by atoms with E-state index in [1.807, 2.05) is 35.2 Å². The lowest BCUT2D eigenvalue weighted by molar-refractivity contribution is -0.138. The normalized spacial score (nSPS) is 15.4. The van der Waals surface area contributed by atoms with Crippen molar-refractivity contribution in [1.82, 2.24) is 9.80 Å². The molecule has 154 valence electrons. The molecule has 0 N–H and O–H groups in total. The minimum atomic E-state index is -4.60. The highest BCUT2D eigenvalue weighted by Gasteiger charge is 2.31. The largest absolute Gasteiger partial charge is 0.492 e. The van der Waals surface area contributed by atoms with Crippen molar-refractivity contribution in [3.8, 4) is 5.75 Å². The molecule has 1 amide bonds. The van der Waals surface area contributed by atoms with Crippen LogP contribution >= 0.6 is 0 Å². The molecule has 9 heteroatoms. The highest BCUT2D eigenvalue weighted by Crippen LogP contribution is 2.34. The molecule has 29 heavy (non-hydrogen) atoms. The van der Waals surface area contributed by atoms with E-state index in [0.717, 1.165) is 17.7 Å². The average molecular weight is 407 g/mol. The number of alkyl halides is 3. The summed E-state index contributed by atoms with van der Waals surface area (Å²) in [6.07, 6.45) is -4.60. The van der Waals surface area contributed by atoms with Gasteiger partial charge in [-0.15, -0.1) is 4.91 Å². The second-order valence-corrected chi connectivity index (χ2v) is 6.73. The van der Waals surface area contributed by atoms with E-state index in [9.17, 15) is 22.9 Å². The van der Waals surface area contributed by atoms with E-state index in [4.69, 9.17) is 4.74 Å². The summed E-state index contributed by atoms with van der Waals surface area (Å²) in [5, 5.41) is 2.57. The third-order valence-electron chi connectivity index (χ3n) is 4.61. The van der Waals surface area contributed by atoms with Crippen molar-refractivity contribution >= 4 is 11.6 Å². The Morgan fingerprint density at radius 3 is 2.48 bits per heavy atom. The van der Waals surface area contributed by atoms with Gasteiger partial charge in [0.1, 0.15) is 18.0 Å². The van der Waals surface area contributed by atoms with Crippen LogP contribution in [-0.4, -0.2) is 48.5 Å². The quantitative estimate of drug-likeness (QED) is 0.655. The number of rotatable bonds is 7. The number of hydrogen-bond acceptors (Lipinski definition) is 5. The lowest BCUT2D eigenvalue weighted by Gasteiger charge is -2.34. The number of halogens is 3. The lowest BCUT2D eigenvalue weighted by atomic mass is 10.2. The second-order valence-electron chi connectivity index (χ2n) is 6.73. The standard InChI is InChI=1S/C20H20F3N3O3/c21-20(22,23)16-10-17(24-28)12-18(11-16)29-9-8-25-6-7-26(19(27)14-25)13-15-4-2-1-3-5-15/h1-5,10-12H,6-9,13-14H2. The molecular weight excluding hydrogens is 387 g/mol. The van der Waals surface area contributed by atoms with Crippen molar-refractivity contribution in [2.45, 2.75) is 12.7 Å². The van der Waals surface area contributed by atoms with Gasteiger partial charge in [0.05, 0.1) is 12.1 Å². The molecule has 1 aliphatic rings. The molecule has 1 saturated heterocycles. The molecule has 6 nitrogen and oxygen atoms in total. The predicted octanol–water partition coefficient (Wildman–Crippen LogP) is 3.83. The molecule has 0 radical (unpaired) electrons. The second kappa shape index (κ2) is 9.04. The summed E-state index contributed by atoms with van der Waals surface area (Å²) in [6, 6.07) is 12.4. The van der Waals surface area contributed by atoms with Gasteiger partial charge in [-0.25, -0.2) is 0 Å². The van der Waals surface area contributed by atoms with Gasteiger partial charge in [0.25, 0.3) is 0 Å². The van der Waals surface area contributed by atoms with Crippen LogP contribution in [0.3, 0.4) is 0 Å². The average Bonchev–Trinajstić information content (AvgIpc) is 2.70. The van der Waals surface area contributed by atoms with Crippen LogP contribution in [0.1, 0.15) is 11.1 Å². The minimum absolute atomic E-state index is 0.00777. The molecule has 0 spiro atoms. The van der Waals surface area contributed by atoms with Gasteiger partial charge in [-0.1, -0.05) is 30.3 Å². The van der Waals surface area contributed by atoms with Crippen molar-refractivity contribution in [2.75, 3.05) is 32.8 Å². The Bertz CT molecular complexity index is 859. The van der Waals surface area contributed by atoms with Gasteiger partial charge in [-0.3, -0.25) is 9.69 Å². The van der Waals surface area contributed by atoms with Gasteiger partial charge >= 0.3 is 6.18 Å². The number of amides is 1. The lowest BCUT2D eigenvalue weighted by Crippen LogP contribution is -2.50. The Labute approximate surface area is 165 Å². The highest BCUT2D eigenvalue weighted by molar-refractivity contribution is 5.79. The molecule has 2 aromatic rings. The molecular formula is C20H20F3N3O3. The summed E-state index contributed by atoms with van der Waals surface area (Å²) >= 11 is 0. The Morgan fingerprint density at radius 2 is 1.83 bits per heavy atom. The zero-order valence-corrected chi connectivity index (χ0v) is 15.6. The molecule has 0 saturated carbocycles. The predicted molar refractivity (Wildman–Crippen MR) is 101 cm³/mol. The number of benzene rings is 2. The van der Waals surface area contributed by atoms with E-state index in [2.05, 4.69) is 5.18 Å². The number of ether oxygens (including phenoxy) is 1. The third kappa shape index (κ3) is 5.77. The van der Waals surface area contributed by atoms with E-state index in [-0.39, 0.29) is 30.5 Å². The van der Waals surface area contributed by atoms with E-state index in [0.29, 0.717) is 32.2 Å². The Balaban J connectivity index is 1.50. The molecule has 0 bridgehead atoms. The van der Waals surface area contributed by atoms with Crippen LogP contribution in [0.2, 0.25) is 0 Å². The third-order valence-corrected chi connectivity index (χ3v) is 4.61. The van der Waals surface area contributed by atoms with Crippen LogP contribution < -0.4 is 4.74 Å². The number of carbonyl (C=O) groups excluding carboxylic acids is 1. The number of hydrogen-bond donors (Lipinski definition) is 0. The summed E-state index contributed by atoms with van der Waals surface area (Å²) in [5.41, 5.74) is -0.282. The van der Waals surface area contributed by atoms with Crippen LogP contribution in [0.5, 0.6) is 5.75 Å². The van der Waals surface area contributed by atoms with Crippen molar-refractivity contribution in [2.24, 2.45) is 5.18 Å². The maximum atomic E-state index is 12.9. The van der Waals surface area contributed by atoms with E-state index < -0.39 is 11.7 Å². The first kappa shape index (κ1) is 20.8. The van der Waals surface area contributed by atoms with Gasteiger partial charge in [0.2, 0.25) is 5.91 Å². The van der Waals surface area contributed by atoms with Crippen LogP contribution in [0.25, 0.3) is 0 Å². The van der Waals surface area contributed by atoms with Gasteiger partial charge < -0.3 is 9.64 Å². The first-order chi connectivity index (χ1) is 13.8. The smallest absolute Gasteiger partial charge is 0.416 e. The highest BCUT2D eigenvalue weighted by atomic mass is 19.4. The number of nitrogens with zero attached hydrogens (tertiary/aromatic N) is 3. The van der Waals surface area contributed by atoms with Crippen molar-refractivity contribution in [3.63, 3.8) is 0 Å². The van der Waals surface area contributed by atoms with Gasteiger partial charge in [-0.2, -0.15) is 13.2 Å². The Morgan fingerprint density at radius 1 is 1.07 bits per heavy atom. The molecule has 1 aliphatic heterocycles. The number of nitroso groups, excluding NO2 is 1. The summed E-state index contributed by atoms with van der Waals surface area (Å²) < 4.78 is 44.0. The first-order valence-corrected chi connectivity index (χ1v) is 9.07. The molecule has 2 aromatic carbocycles. The zero-order valence-electron chi connectivity index (χ0n) is 15.6. The fourth-order valence-electron chi connectivity index (χ4n) is 3.09. The summed E-state index contributed by atoms with van der Waals surface area (Å²) in [6.45, 7) is 2.45. The molecule has 1 fully saturated rings. The summed E-state index contributed by atoms with van der Waals surface area (Å²) in [5.74, 6) is -0.0879. The molecule has 0 unspecified atom stereocenters. The van der Waals surface area contributed by atoms with Crippen molar-refractivity contribution < 1.29 is 22.7 Å². The molecule has 0 atom stereocenters. The topological polar surface area (TPSA) is 62.2 Å². The minimum Gasteiger partial charge on any atom is -0.492 e. The summed E-state index contributed by atoms with van der Waals surface area (Å²) in [7, 11) is 0. The molecule has 1 heterocycles. The first-order valence-electron chi connectivity index (χ1n) is 9.07. The SMILES string of the molecule is O=Nc1cc(OCCN2CCN(Cc3ccccc3)C(=O)C2)cc(C(F)(F)F)c1. The van der Waals surface area contributed by atoms with E-state index >= 15 is 0 Å². The zero-order chi connectivity index (χ0) is 20.9. The van der Waals surface area contributed by atoms with Crippen molar-refractivity contribution in [3.05, 3.63) is 64.6 Å². The maximum absolute atomic E-state index is 12.9. The summed E-state index contributed by atoms with van der Waals surface area (Å²) in [4.78, 5) is 26.7. The van der Waals surface area contributed by atoms with E-state index in [1.54, 1.807) is 4.90 Å². The van der Waals surface area contributed by atoms with Crippen LogP contribution in [0, 0.1) is 4.91 Å². The van der Waals surface area contributed by atoms with Crippen LogP contribution in [-0.2, 0) is 17.5 Å². The number of piperazine rings is 1.